The van der Waals surface area contributed by atoms with Crippen LogP contribution in [0.4, 0.5) is 0 Å². The van der Waals surface area contributed by atoms with E-state index in [1.807, 2.05) is 0 Å². The van der Waals surface area contributed by atoms with Crippen molar-refractivity contribution >= 4 is 46.0 Å². The number of amides is 1. The van der Waals surface area contributed by atoms with Gasteiger partial charge in [-0.3, -0.25) is 4.79 Å². The van der Waals surface area contributed by atoms with Crippen molar-refractivity contribution < 1.29 is 27.9 Å². The van der Waals surface area contributed by atoms with Crippen molar-refractivity contribution in [2.45, 2.75) is 6.54 Å². The maximum atomic E-state index is 12.3. The third kappa shape index (κ3) is 5.54. The molecule has 2 aromatic heterocycles. The van der Waals surface area contributed by atoms with Gasteiger partial charge in [-0.2, -0.15) is 0 Å². The quantitative estimate of drug-likeness (QED) is 0.230. The Kier molecular flexibility index (Phi) is 6.67. The molecule has 10 heteroatoms. The highest BCUT2D eigenvalue weighted by atomic mass is 35.5. The molecule has 1 amide bonds. The summed E-state index contributed by atoms with van der Waals surface area (Å²) in [4.78, 5) is 36.7. The van der Waals surface area contributed by atoms with Crippen molar-refractivity contribution in [1.82, 2.24) is 5.32 Å². The first kappa shape index (κ1) is 22.4. The fraction of sp³-hybridized carbons (Fsp3) is 0.0870. The molecule has 8 nitrogen and oxygen atoms in total. The second-order valence-corrected chi connectivity index (χ2v) is 7.59. The number of carbonyl (C=O) groups is 2. The van der Waals surface area contributed by atoms with Gasteiger partial charge in [0.2, 0.25) is 0 Å². The summed E-state index contributed by atoms with van der Waals surface area (Å²) >= 11 is 11.9. The SMILES string of the molecule is O=C(COc1cc(Cl)ccc1Cl)Oc1ccc2cc(C(=O)NCc3ccco3)c(=O)oc2c1. The molecule has 0 saturated carbocycles. The fourth-order valence-corrected chi connectivity index (χ4v) is 3.21. The standard InChI is InChI=1S/C23H15Cl2NO7/c24-14-4-6-18(25)20(9-14)31-12-21(27)32-15-5-3-13-8-17(23(29)33-19(13)10-15)22(28)26-11-16-2-1-7-30-16/h1-10H,11-12H2,(H,26,28). The molecular weight excluding hydrogens is 473 g/mol. The van der Waals surface area contributed by atoms with Crippen LogP contribution in [-0.4, -0.2) is 18.5 Å². The van der Waals surface area contributed by atoms with E-state index in [4.69, 9.17) is 41.5 Å². The molecule has 0 atom stereocenters. The highest BCUT2D eigenvalue weighted by molar-refractivity contribution is 6.34. The molecule has 2 heterocycles. The van der Waals surface area contributed by atoms with E-state index < -0.39 is 24.1 Å². The van der Waals surface area contributed by atoms with Gasteiger partial charge in [0.05, 0.1) is 17.8 Å². The van der Waals surface area contributed by atoms with E-state index in [0.29, 0.717) is 21.2 Å². The summed E-state index contributed by atoms with van der Waals surface area (Å²) < 4.78 is 20.9. The van der Waals surface area contributed by atoms with E-state index in [-0.39, 0.29) is 29.2 Å². The van der Waals surface area contributed by atoms with Crippen molar-refractivity contribution in [3.8, 4) is 11.5 Å². The Hall–Kier alpha value is -3.75. The number of rotatable bonds is 7. The first-order valence-electron chi connectivity index (χ1n) is 9.56. The van der Waals surface area contributed by atoms with Crippen LogP contribution in [0.3, 0.4) is 0 Å². The van der Waals surface area contributed by atoms with Crippen molar-refractivity contribution in [1.29, 1.82) is 0 Å². The molecule has 0 unspecified atom stereocenters. The zero-order valence-corrected chi connectivity index (χ0v) is 18.3. The smallest absolute Gasteiger partial charge is 0.349 e. The molecule has 4 aromatic rings. The third-order valence-electron chi connectivity index (χ3n) is 4.43. The topological polar surface area (TPSA) is 108 Å². The summed E-state index contributed by atoms with van der Waals surface area (Å²) in [5, 5.41) is 3.76. The van der Waals surface area contributed by atoms with E-state index in [1.165, 1.54) is 30.5 Å². The van der Waals surface area contributed by atoms with Crippen LogP contribution in [0.2, 0.25) is 10.0 Å². The minimum absolute atomic E-state index is 0.126. The number of esters is 1. The maximum Gasteiger partial charge on any atom is 0.349 e. The molecule has 0 saturated heterocycles. The van der Waals surface area contributed by atoms with Gasteiger partial charge in [0.1, 0.15) is 28.4 Å². The number of ether oxygens (including phenoxy) is 2. The van der Waals surface area contributed by atoms with Crippen LogP contribution < -0.4 is 20.4 Å². The Morgan fingerprint density at radius 1 is 1.03 bits per heavy atom. The molecule has 0 aliphatic rings. The van der Waals surface area contributed by atoms with Crippen molar-refractivity contribution in [3.63, 3.8) is 0 Å². The Balaban J connectivity index is 1.42. The number of fused-ring (bicyclic) bond motifs is 1. The average Bonchev–Trinajstić information content (AvgIpc) is 3.31. The van der Waals surface area contributed by atoms with Crippen LogP contribution in [0.25, 0.3) is 11.0 Å². The second-order valence-electron chi connectivity index (χ2n) is 6.75. The van der Waals surface area contributed by atoms with Gasteiger partial charge < -0.3 is 23.6 Å². The molecule has 168 valence electrons. The third-order valence-corrected chi connectivity index (χ3v) is 4.97. The molecule has 1 N–H and O–H groups in total. The summed E-state index contributed by atoms with van der Waals surface area (Å²) in [6, 6.07) is 13.8. The average molecular weight is 488 g/mol. The van der Waals surface area contributed by atoms with E-state index in [0.717, 1.165) is 0 Å². The van der Waals surface area contributed by atoms with E-state index >= 15 is 0 Å². The molecule has 0 aliphatic heterocycles. The lowest BCUT2D eigenvalue weighted by Crippen LogP contribution is -2.27. The Morgan fingerprint density at radius 2 is 1.88 bits per heavy atom. The molecule has 0 spiro atoms. The van der Waals surface area contributed by atoms with Gasteiger partial charge in [-0.15, -0.1) is 0 Å². The molecule has 0 radical (unpaired) electrons. The minimum Gasteiger partial charge on any atom is -0.480 e. The molecule has 2 aromatic carbocycles. The molecule has 33 heavy (non-hydrogen) atoms. The number of halogens is 2. The van der Waals surface area contributed by atoms with Crippen LogP contribution >= 0.6 is 23.2 Å². The molecule has 0 bridgehead atoms. The van der Waals surface area contributed by atoms with Gasteiger partial charge in [-0.25, -0.2) is 9.59 Å². The fourth-order valence-electron chi connectivity index (χ4n) is 2.87. The number of hydrogen-bond donors (Lipinski definition) is 1. The lowest BCUT2D eigenvalue weighted by atomic mass is 10.1. The largest absolute Gasteiger partial charge is 0.480 e. The van der Waals surface area contributed by atoms with Crippen LogP contribution in [0.5, 0.6) is 11.5 Å². The molecule has 4 rings (SSSR count). The molecule has 0 aliphatic carbocycles. The first-order chi connectivity index (χ1) is 15.9. The Bertz CT molecular complexity index is 1380. The first-order valence-corrected chi connectivity index (χ1v) is 10.3. The van der Waals surface area contributed by atoms with Gasteiger partial charge in [0.15, 0.2) is 6.61 Å². The normalized spacial score (nSPS) is 10.7. The summed E-state index contributed by atoms with van der Waals surface area (Å²) in [6.45, 7) is -0.294. The van der Waals surface area contributed by atoms with Crippen LogP contribution in [0.15, 0.2) is 74.5 Å². The highest BCUT2D eigenvalue weighted by Crippen LogP contribution is 2.28. The monoisotopic (exact) mass is 487 g/mol. The van der Waals surface area contributed by atoms with Crippen molar-refractivity contribution in [3.05, 3.63) is 92.6 Å². The van der Waals surface area contributed by atoms with E-state index in [2.05, 4.69) is 5.32 Å². The number of furan rings is 1. The van der Waals surface area contributed by atoms with Gasteiger partial charge in [0, 0.05) is 22.5 Å². The van der Waals surface area contributed by atoms with Crippen LogP contribution in [0.1, 0.15) is 16.1 Å². The number of benzene rings is 2. The molecule has 0 fully saturated rings. The summed E-state index contributed by atoms with van der Waals surface area (Å²) in [7, 11) is 0. The van der Waals surface area contributed by atoms with E-state index in [9.17, 15) is 14.4 Å². The van der Waals surface area contributed by atoms with Crippen LogP contribution in [0, 0.1) is 0 Å². The summed E-state index contributed by atoms with van der Waals surface area (Å²) in [5.74, 6) is -0.396. The second kappa shape index (κ2) is 9.81. The Labute approximate surface area is 196 Å². The predicted molar refractivity (Wildman–Crippen MR) is 120 cm³/mol. The van der Waals surface area contributed by atoms with Gasteiger partial charge in [-0.05, 0) is 42.5 Å². The van der Waals surface area contributed by atoms with Crippen molar-refractivity contribution in [2.24, 2.45) is 0 Å². The lowest BCUT2D eigenvalue weighted by molar-refractivity contribution is -0.136. The maximum absolute atomic E-state index is 12.3. The summed E-state index contributed by atoms with van der Waals surface area (Å²) in [6.07, 6.45) is 1.48. The molecular formula is C23H15Cl2NO7. The minimum atomic E-state index is -0.832. The van der Waals surface area contributed by atoms with Crippen LogP contribution in [-0.2, 0) is 11.3 Å². The lowest BCUT2D eigenvalue weighted by Gasteiger charge is -2.09. The Morgan fingerprint density at radius 3 is 2.67 bits per heavy atom. The zero-order valence-electron chi connectivity index (χ0n) is 16.8. The van der Waals surface area contributed by atoms with Crippen molar-refractivity contribution in [2.75, 3.05) is 6.61 Å². The number of hydrogen-bond acceptors (Lipinski definition) is 7. The van der Waals surface area contributed by atoms with E-state index in [1.54, 1.807) is 30.3 Å². The predicted octanol–water partition coefficient (Wildman–Crippen LogP) is 4.61. The summed E-state index contributed by atoms with van der Waals surface area (Å²) in [5.41, 5.74) is -0.848. The zero-order chi connectivity index (χ0) is 23.4. The van der Waals surface area contributed by atoms with Gasteiger partial charge in [-0.1, -0.05) is 23.2 Å². The van der Waals surface area contributed by atoms with Gasteiger partial charge in [0.25, 0.3) is 5.91 Å². The van der Waals surface area contributed by atoms with Gasteiger partial charge >= 0.3 is 11.6 Å². The number of nitrogens with one attached hydrogen (secondary N) is 1. The highest BCUT2D eigenvalue weighted by Gasteiger charge is 2.15. The number of carbonyl (C=O) groups excluding carboxylic acids is 2.